The van der Waals surface area contributed by atoms with Gasteiger partial charge in [0, 0.05) is 17.0 Å². The van der Waals surface area contributed by atoms with Crippen molar-refractivity contribution < 1.29 is 17.6 Å². The van der Waals surface area contributed by atoms with E-state index in [1.807, 2.05) is 19.9 Å². The van der Waals surface area contributed by atoms with Crippen molar-refractivity contribution in [3.05, 3.63) is 87.4 Å². The number of thiophene rings is 1. The van der Waals surface area contributed by atoms with Crippen LogP contribution in [0.1, 0.15) is 31.6 Å². The first-order chi connectivity index (χ1) is 13.3. The highest BCUT2D eigenvalue weighted by Gasteiger charge is 2.30. The number of halogens is 1. The summed E-state index contributed by atoms with van der Waals surface area (Å²) in [6.45, 7) is 3.80. The Morgan fingerprint density at radius 3 is 2.39 bits per heavy atom. The van der Waals surface area contributed by atoms with E-state index >= 15 is 0 Å². The van der Waals surface area contributed by atoms with Crippen molar-refractivity contribution in [2.24, 2.45) is 0 Å². The van der Waals surface area contributed by atoms with Crippen LogP contribution >= 0.6 is 11.3 Å². The van der Waals surface area contributed by atoms with Crippen LogP contribution in [-0.2, 0) is 9.84 Å². The van der Waals surface area contributed by atoms with Crippen molar-refractivity contribution in [2.45, 2.75) is 24.0 Å². The fourth-order valence-electron chi connectivity index (χ4n) is 2.80. The molecule has 1 N–H and O–H groups in total. The number of nitrogens with one attached hydrogen (secondary N) is 1. The molecule has 0 unspecified atom stereocenters. The topological polar surface area (TPSA) is 63.2 Å². The van der Waals surface area contributed by atoms with Crippen LogP contribution in [0.4, 0.5) is 4.39 Å². The van der Waals surface area contributed by atoms with Crippen molar-refractivity contribution in [1.82, 2.24) is 5.32 Å². The number of sulfone groups is 1. The Balaban J connectivity index is 1.86. The van der Waals surface area contributed by atoms with E-state index < -0.39 is 20.9 Å². The number of benzene rings is 2. The van der Waals surface area contributed by atoms with Crippen LogP contribution in [0.3, 0.4) is 0 Å². The first-order valence-electron chi connectivity index (χ1n) is 8.67. The Bertz CT molecular complexity index is 1080. The minimum Gasteiger partial charge on any atom is -0.350 e. The molecule has 0 bridgehead atoms. The molecule has 1 heterocycles. The van der Waals surface area contributed by atoms with Gasteiger partial charge in [0.05, 0.1) is 4.90 Å². The monoisotopic (exact) mass is 417 g/mol. The molecule has 0 aliphatic heterocycles. The number of hydrogen-bond acceptors (Lipinski definition) is 4. The summed E-state index contributed by atoms with van der Waals surface area (Å²) in [6, 6.07) is 13.6. The van der Waals surface area contributed by atoms with Gasteiger partial charge in [-0.3, -0.25) is 4.79 Å². The SMILES string of the molecule is Cc1ccc(C(=O)NC[C@@H](c2cccs2)S(=O)(=O)c2ccc(F)cc2)cc1C. The summed E-state index contributed by atoms with van der Waals surface area (Å²) >= 11 is 1.30. The number of carbonyl (C=O) groups is 1. The van der Waals surface area contributed by atoms with E-state index in [4.69, 9.17) is 0 Å². The smallest absolute Gasteiger partial charge is 0.251 e. The lowest BCUT2D eigenvalue weighted by Gasteiger charge is -2.18. The largest absolute Gasteiger partial charge is 0.350 e. The molecule has 2 aromatic carbocycles. The van der Waals surface area contributed by atoms with Gasteiger partial charge in [-0.2, -0.15) is 0 Å². The van der Waals surface area contributed by atoms with Crippen molar-refractivity contribution in [1.29, 1.82) is 0 Å². The average Bonchev–Trinajstić information content (AvgIpc) is 3.18. The van der Waals surface area contributed by atoms with E-state index in [9.17, 15) is 17.6 Å². The Morgan fingerprint density at radius 1 is 1.07 bits per heavy atom. The van der Waals surface area contributed by atoms with Crippen LogP contribution in [0.15, 0.2) is 64.9 Å². The molecule has 0 aliphatic carbocycles. The highest BCUT2D eigenvalue weighted by Crippen LogP contribution is 2.31. The molecule has 0 fully saturated rings. The fourth-order valence-corrected chi connectivity index (χ4v) is 5.58. The summed E-state index contributed by atoms with van der Waals surface area (Å²) in [5, 5.41) is 3.57. The average molecular weight is 418 g/mol. The molecular weight excluding hydrogens is 397 g/mol. The van der Waals surface area contributed by atoms with E-state index in [1.54, 1.807) is 29.6 Å². The summed E-state index contributed by atoms with van der Waals surface area (Å²) in [4.78, 5) is 13.2. The third-order valence-electron chi connectivity index (χ3n) is 4.59. The van der Waals surface area contributed by atoms with Gasteiger partial charge in [-0.15, -0.1) is 11.3 Å². The molecule has 1 aromatic heterocycles. The highest BCUT2D eigenvalue weighted by atomic mass is 32.2. The van der Waals surface area contributed by atoms with Gasteiger partial charge in [0.25, 0.3) is 5.91 Å². The van der Waals surface area contributed by atoms with Crippen LogP contribution in [0.25, 0.3) is 0 Å². The second-order valence-electron chi connectivity index (χ2n) is 6.51. The molecule has 0 aliphatic rings. The van der Waals surface area contributed by atoms with Gasteiger partial charge >= 0.3 is 0 Å². The summed E-state index contributed by atoms with van der Waals surface area (Å²) in [7, 11) is -3.80. The van der Waals surface area contributed by atoms with Gasteiger partial charge in [0.1, 0.15) is 11.1 Å². The first-order valence-corrected chi connectivity index (χ1v) is 11.1. The summed E-state index contributed by atoms with van der Waals surface area (Å²) in [5.41, 5.74) is 2.54. The summed E-state index contributed by atoms with van der Waals surface area (Å²) < 4.78 is 39.4. The number of rotatable bonds is 6. The highest BCUT2D eigenvalue weighted by molar-refractivity contribution is 7.91. The number of hydrogen-bond donors (Lipinski definition) is 1. The van der Waals surface area contributed by atoms with Gasteiger partial charge in [-0.05, 0) is 72.8 Å². The van der Waals surface area contributed by atoms with Gasteiger partial charge in [0.15, 0.2) is 9.84 Å². The molecule has 28 heavy (non-hydrogen) atoms. The Labute approximate surface area is 168 Å². The Kier molecular flexibility index (Phi) is 5.96. The molecule has 0 saturated carbocycles. The van der Waals surface area contributed by atoms with E-state index in [2.05, 4.69) is 5.32 Å². The zero-order valence-electron chi connectivity index (χ0n) is 15.5. The van der Waals surface area contributed by atoms with E-state index in [0.29, 0.717) is 10.4 Å². The molecule has 0 radical (unpaired) electrons. The predicted molar refractivity (Wildman–Crippen MR) is 109 cm³/mol. The minimum absolute atomic E-state index is 0.0210. The maximum atomic E-state index is 13.2. The summed E-state index contributed by atoms with van der Waals surface area (Å²) in [6.07, 6.45) is 0. The van der Waals surface area contributed by atoms with E-state index in [0.717, 1.165) is 23.3 Å². The van der Waals surface area contributed by atoms with E-state index in [1.165, 1.54) is 23.5 Å². The lowest BCUT2D eigenvalue weighted by Crippen LogP contribution is -2.31. The standard InChI is InChI=1S/C21H20FNO3S2/c1-14-5-6-16(12-15(14)2)21(24)23-13-20(19-4-3-11-27-19)28(25,26)18-9-7-17(22)8-10-18/h3-12,20H,13H2,1-2H3,(H,23,24)/t20-/m0/s1. The molecule has 3 rings (SSSR count). The number of carbonyl (C=O) groups excluding carboxylic acids is 1. The van der Waals surface area contributed by atoms with Crippen LogP contribution in [0.2, 0.25) is 0 Å². The maximum absolute atomic E-state index is 13.2. The summed E-state index contributed by atoms with van der Waals surface area (Å²) in [5.74, 6) is -0.839. The van der Waals surface area contributed by atoms with Crippen molar-refractivity contribution in [3.63, 3.8) is 0 Å². The first kappa shape index (κ1) is 20.2. The van der Waals surface area contributed by atoms with Gasteiger partial charge in [0.2, 0.25) is 0 Å². The number of amides is 1. The maximum Gasteiger partial charge on any atom is 0.251 e. The predicted octanol–water partition coefficient (Wildman–Crippen LogP) is 4.45. The molecule has 1 amide bonds. The Hall–Kier alpha value is -2.51. The Morgan fingerprint density at radius 2 is 1.79 bits per heavy atom. The second-order valence-corrected chi connectivity index (χ2v) is 9.62. The molecule has 4 nitrogen and oxygen atoms in total. The van der Waals surface area contributed by atoms with Crippen molar-refractivity contribution in [2.75, 3.05) is 6.54 Å². The lowest BCUT2D eigenvalue weighted by molar-refractivity contribution is 0.0953. The second kappa shape index (κ2) is 8.24. The fraction of sp³-hybridized carbons (Fsp3) is 0.190. The van der Waals surface area contributed by atoms with Gasteiger partial charge in [-0.25, -0.2) is 12.8 Å². The molecule has 7 heteroatoms. The quantitative estimate of drug-likeness (QED) is 0.603. The molecule has 3 aromatic rings. The van der Waals surface area contributed by atoms with Gasteiger partial charge in [-0.1, -0.05) is 12.1 Å². The molecule has 146 valence electrons. The molecular formula is C21H20FNO3S2. The molecule has 0 spiro atoms. The van der Waals surface area contributed by atoms with Crippen LogP contribution in [0.5, 0.6) is 0 Å². The third-order valence-corrected chi connectivity index (χ3v) is 7.83. The third kappa shape index (κ3) is 4.31. The zero-order valence-corrected chi connectivity index (χ0v) is 17.1. The normalized spacial score (nSPS) is 12.5. The van der Waals surface area contributed by atoms with Crippen molar-refractivity contribution in [3.8, 4) is 0 Å². The molecule has 1 atom stereocenters. The lowest BCUT2D eigenvalue weighted by atomic mass is 10.1. The number of aryl methyl sites for hydroxylation is 2. The zero-order chi connectivity index (χ0) is 20.3. The van der Waals surface area contributed by atoms with E-state index in [-0.39, 0.29) is 17.3 Å². The minimum atomic E-state index is -3.80. The van der Waals surface area contributed by atoms with Crippen LogP contribution < -0.4 is 5.32 Å². The van der Waals surface area contributed by atoms with Crippen molar-refractivity contribution >= 4 is 27.1 Å². The molecule has 0 saturated heterocycles. The van der Waals surface area contributed by atoms with Crippen LogP contribution in [-0.4, -0.2) is 20.9 Å². The van der Waals surface area contributed by atoms with Gasteiger partial charge < -0.3 is 5.32 Å². The van der Waals surface area contributed by atoms with Crippen LogP contribution in [0, 0.1) is 19.7 Å².